The third kappa shape index (κ3) is 2.03. The summed E-state index contributed by atoms with van der Waals surface area (Å²) in [7, 11) is 0. The van der Waals surface area contributed by atoms with Gasteiger partial charge in [-0.25, -0.2) is 14.7 Å². The Balaban J connectivity index is 1.43. The van der Waals surface area contributed by atoms with Gasteiger partial charge in [-0.05, 0) is 25.9 Å². The molecule has 0 aromatic carbocycles. The smallest absolute Gasteiger partial charge is 0.417 e. The van der Waals surface area contributed by atoms with E-state index in [0.717, 1.165) is 43.7 Å². The third-order valence-corrected chi connectivity index (χ3v) is 5.93. The highest BCUT2D eigenvalue weighted by atomic mass is 32.1. The van der Waals surface area contributed by atoms with Gasteiger partial charge in [0.05, 0.1) is 17.7 Å². The molecule has 1 unspecified atom stereocenters. The van der Waals surface area contributed by atoms with Gasteiger partial charge in [-0.1, -0.05) is 0 Å². The number of furan rings is 1. The minimum Gasteiger partial charge on any atom is -0.448 e. The van der Waals surface area contributed by atoms with Crippen molar-refractivity contribution in [3.8, 4) is 11.3 Å². The summed E-state index contributed by atoms with van der Waals surface area (Å²) in [6.07, 6.45) is 3.59. The number of carbonyl (C=O) groups is 1. The minimum atomic E-state index is -0.360. The van der Waals surface area contributed by atoms with E-state index >= 15 is 0 Å². The Bertz CT molecular complexity index is 736. The molecule has 1 spiro atoms. The quantitative estimate of drug-likeness (QED) is 0.847. The molecular weight excluding hydrogens is 314 g/mol. The second-order valence-electron chi connectivity index (χ2n) is 6.62. The van der Waals surface area contributed by atoms with Gasteiger partial charge in [-0.2, -0.15) is 0 Å². The number of piperidine rings is 3. The summed E-state index contributed by atoms with van der Waals surface area (Å²) in [6, 6.07) is 1.87. The molecule has 7 heteroatoms. The number of thiazole rings is 1. The predicted octanol–water partition coefficient (Wildman–Crippen LogP) is 2.82. The molecule has 0 aliphatic carbocycles. The van der Waals surface area contributed by atoms with Crippen molar-refractivity contribution < 1.29 is 13.9 Å². The van der Waals surface area contributed by atoms with Gasteiger partial charge < -0.3 is 9.15 Å². The van der Waals surface area contributed by atoms with Gasteiger partial charge >= 0.3 is 6.09 Å². The fourth-order valence-electron chi connectivity index (χ4n) is 4.14. The maximum absolute atomic E-state index is 12.4. The van der Waals surface area contributed by atoms with Gasteiger partial charge in [0.15, 0.2) is 0 Å². The number of nitrogens with zero attached hydrogens (tertiary/aromatic N) is 3. The van der Waals surface area contributed by atoms with Gasteiger partial charge in [-0.3, -0.25) is 4.90 Å². The summed E-state index contributed by atoms with van der Waals surface area (Å²) in [6.45, 7) is 3.67. The van der Waals surface area contributed by atoms with Crippen LogP contribution in [0.25, 0.3) is 11.3 Å². The Morgan fingerprint density at radius 3 is 2.87 bits per heavy atom. The van der Waals surface area contributed by atoms with Crippen LogP contribution in [0.15, 0.2) is 27.6 Å². The van der Waals surface area contributed by atoms with E-state index in [1.165, 1.54) is 11.3 Å². The number of aromatic nitrogens is 1. The Morgan fingerprint density at radius 1 is 1.30 bits per heavy atom. The molecule has 4 saturated heterocycles. The summed E-state index contributed by atoms with van der Waals surface area (Å²) in [4.78, 5) is 20.7. The molecule has 2 aromatic rings. The molecule has 4 fully saturated rings. The van der Waals surface area contributed by atoms with Crippen LogP contribution in [0, 0.1) is 5.92 Å². The highest BCUT2D eigenvalue weighted by molar-refractivity contribution is 7.07. The average Bonchev–Trinajstić information content (AvgIpc) is 3.28. The van der Waals surface area contributed by atoms with Crippen molar-refractivity contribution in [2.45, 2.75) is 18.4 Å². The molecule has 1 amide bonds. The Kier molecular flexibility index (Phi) is 2.84. The number of fused-ring (bicyclic) bond motifs is 2. The molecule has 6 nitrogen and oxygen atoms in total. The van der Waals surface area contributed by atoms with E-state index in [0.29, 0.717) is 18.3 Å². The van der Waals surface area contributed by atoms with Crippen molar-refractivity contribution in [2.24, 2.45) is 5.92 Å². The zero-order valence-corrected chi connectivity index (χ0v) is 13.4. The summed E-state index contributed by atoms with van der Waals surface area (Å²) in [5, 5.41) is 1.96. The minimum absolute atomic E-state index is 0.294. The standard InChI is InChI=1S/C16H17N3O3S/c20-15-19(14-5-11(6-21-14)13-7-23-10-17-13)9-16(22-15)8-18-3-1-12(16)2-4-18/h5-7,10,12H,1-4,8-9H2. The lowest BCUT2D eigenvalue weighted by molar-refractivity contribution is -0.0881. The highest BCUT2D eigenvalue weighted by Crippen LogP contribution is 2.43. The molecule has 0 N–H and O–H groups in total. The first kappa shape index (κ1) is 13.6. The largest absolute Gasteiger partial charge is 0.448 e. The number of hydrogen-bond donors (Lipinski definition) is 0. The van der Waals surface area contributed by atoms with Crippen molar-refractivity contribution in [1.82, 2.24) is 9.88 Å². The summed E-state index contributed by atoms with van der Waals surface area (Å²) in [5.41, 5.74) is 3.19. The molecule has 6 rings (SSSR count). The number of rotatable bonds is 2. The highest BCUT2D eigenvalue weighted by Gasteiger charge is 2.56. The summed E-state index contributed by atoms with van der Waals surface area (Å²) in [5.74, 6) is 1.01. The van der Waals surface area contributed by atoms with E-state index in [1.807, 2.05) is 11.4 Å². The molecule has 0 saturated carbocycles. The average molecular weight is 331 g/mol. The van der Waals surface area contributed by atoms with Crippen LogP contribution in [-0.2, 0) is 4.74 Å². The molecule has 4 aliphatic heterocycles. The van der Waals surface area contributed by atoms with Crippen molar-refractivity contribution >= 4 is 23.3 Å². The lowest BCUT2D eigenvalue weighted by atomic mass is 9.75. The van der Waals surface area contributed by atoms with Gasteiger partial charge in [0.1, 0.15) is 11.9 Å². The second-order valence-corrected chi connectivity index (χ2v) is 7.34. The fraction of sp³-hybridized carbons (Fsp3) is 0.500. The zero-order chi connectivity index (χ0) is 15.4. The van der Waals surface area contributed by atoms with E-state index in [2.05, 4.69) is 9.88 Å². The van der Waals surface area contributed by atoms with Crippen LogP contribution in [0.4, 0.5) is 10.7 Å². The molecule has 23 heavy (non-hydrogen) atoms. The molecular formula is C16H17N3O3S. The van der Waals surface area contributed by atoms with Crippen LogP contribution in [-0.4, -0.2) is 47.8 Å². The van der Waals surface area contributed by atoms with Gasteiger partial charge in [-0.15, -0.1) is 11.3 Å². The SMILES string of the molecule is O=C1OC2(CN3CCC2CC3)CN1c1cc(-c2cscn2)co1. The maximum Gasteiger partial charge on any atom is 0.417 e. The zero-order valence-electron chi connectivity index (χ0n) is 12.6. The van der Waals surface area contributed by atoms with Crippen molar-refractivity contribution in [2.75, 3.05) is 31.1 Å². The number of ether oxygens (including phenoxy) is 1. The van der Waals surface area contributed by atoms with E-state index in [4.69, 9.17) is 9.15 Å². The first-order chi connectivity index (χ1) is 11.2. The van der Waals surface area contributed by atoms with Crippen LogP contribution < -0.4 is 4.90 Å². The van der Waals surface area contributed by atoms with E-state index in [9.17, 15) is 4.79 Å². The molecule has 2 aromatic heterocycles. The Hall–Kier alpha value is -1.86. The Morgan fingerprint density at radius 2 is 2.17 bits per heavy atom. The van der Waals surface area contributed by atoms with Crippen LogP contribution in [0.3, 0.4) is 0 Å². The van der Waals surface area contributed by atoms with E-state index in [-0.39, 0.29) is 11.7 Å². The lowest BCUT2D eigenvalue weighted by Gasteiger charge is -2.49. The lowest BCUT2D eigenvalue weighted by Crippen LogP contribution is -2.61. The molecule has 4 aliphatic rings. The van der Waals surface area contributed by atoms with Gasteiger partial charge in [0.25, 0.3) is 0 Å². The van der Waals surface area contributed by atoms with Crippen LogP contribution in [0.1, 0.15) is 12.8 Å². The monoisotopic (exact) mass is 331 g/mol. The number of anilines is 1. The molecule has 1 atom stereocenters. The van der Waals surface area contributed by atoms with Crippen LogP contribution >= 0.6 is 11.3 Å². The second kappa shape index (κ2) is 4.82. The van der Waals surface area contributed by atoms with E-state index in [1.54, 1.807) is 16.7 Å². The van der Waals surface area contributed by atoms with Crippen molar-refractivity contribution in [3.63, 3.8) is 0 Å². The predicted molar refractivity (Wildman–Crippen MR) is 85.5 cm³/mol. The number of hydrogen-bond acceptors (Lipinski definition) is 6. The number of carbonyl (C=O) groups excluding carboxylic acids is 1. The summed E-state index contributed by atoms with van der Waals surface area (Å²) < 4.78 is 11.5. The fourth-order valence-corrected chi connectivity index (χ4v) is 4.70. The van der Waals surface area contributed by atoms with Crippen LogP contribution in [0.5, 0.6) is 0 Å². The maximum atomic E-state index is 12.4. The van der Waals surface area contributed by atoms with Crippen molar-refractivity contribution in [1.29, 1.82) is 0 Å². The van der Waals surface area contributed by atoms with Gasteiger partial charge in [0.2, 0.25) is 5.88 Å². The molecule has 0 radical (unpaired) electrons. The first-order valence-electron chi connectivity index (χ1n) is 7.93. The Labute approximate surface area is 137 Å². The van der Waals surface area contributed by atoms with Crippen LogP contribution in [0.2, 0.25) is 0 Å². The molecule has 6 heterocycles. The topological polar surface area (TPSA) is 58.8 Å². The molecule has 120 valence electrons. The normalized spacial score (nSPS) is 32.7. The molecule has 2 bridgehead atoms. The first-order valence-corrected chi connectivity index (χ1v) is 8.88. The summed E-state index contributed by atoms with van der Waals surface area (Å²) >= 11 is 1.54. The van der Waals surface area contributed by atoms with Gasteiger partial charge in [0, 0.05) is 29.5 Å². The third-order valence-electron chi connectivity index (χ3n) is 5.34. The van der Waals surface area contributed by atoms with E-state index < -0.39 is 0 Å². The van der Waals surface area contributed by atoms with Crippen molar-refractivity contribution in [3.05, 3.63) is 23.2 Å². The number of amides is 1.